The number of benzene rings is 1. The molecule has 1 aromatic heterocycles. The number of pyridine rings is 1. The van der Waals surface area contributed by atoms with E-state index in [0.29, 0.717) is 0 Å². The Hall–Kier alpha value is -2.63. The molecule has 2 heterocycles. The van der Waals surface area contributed by atoms with Crippen LogP contribution in [-0.4, -0.2) is 35.9 Å². The van der Waals surface area contributed by atoms with E-state index in [0.717, 1.165) is 60.3 Å². The zero-order valence-corrected chi connectivity index (χ0v) is 17.2. The third-order valence-corrected chi connectivity index (χ3v) is 5.51. The number of nitrogens with zero attached hydrogens (tertiary/aromatic N) is 2. The van der Waals surface area contributed by atoms with Crippen molar-refractivity contribution in [3.8, 4) is 0 Å². The molecule has 0 spiro atoms. The molecule has 150 valence electrons. The van der Waals surface area contributed by atoms with Crippen LogP contribution >= 0.6 is 0 Å². The Balaban J connectivity index is 1.71. The third-order valence-electron chi connectivity index (χ3n) is 5.51. The molecule has 28 heavy (non-hydrogen) atoms. The maximum absolute atomic E-state index is 12.4. The number of piperidine rings is 1. The van der Waals surface area contributed by atoms with Crippen molar-refractivity contribution in [1.29, 1.82) is 0 Å². The molecule has 0 aliphatic carbocycles. The number of aromatic nitrogens is 1. The fourth-order valence-electron chi connectivity index (χ4n) is 3.65. The van der Waals surface area contributed by atoms with Gasteiger partial charge in [-0.05, 0) is 62.9 Å². The van der Waals surface area contributed by atoms with Crippen LogP contribution in [0.3, 0.4) is 0 Å². The van der Waals surface area contributed by atoms with Crippen LogP contribution < -0.4 is 15.5 Å². The molecule has 1 fully saturated rings. The van der Waals surface area contributed by atoms with Crippen molar-refractivity contribution in [1.82, 2.24) is 10.3 Å². The zero-order chi connectivity index (χ0) is 20.3. The summed E-state index contributed by atoms with van der Waals surface area (Å²) >= 11 is 0. The van der Waals surface area contributed by atoms with E-state index >= 15 is 0 Å². The Bertz CT molecular complexity index is 872. The summed E-state index contributed by atoms with van der Waals surface area (Å²) in [7, 11) is 0. The molecule has 6 nitrogen and oxygen atoms in total. The third kappa shape index (κ3) is 4.61. The first kappa shape index (κ1) is 20.1. The molecule has 0 bridgehead atoms. The largest absolute Gasteiger partial charge is 0.357 e. The molecule has 3 rings (SSSR count). The summed E-state index contributed by atoms with van der Waals surface area (Å²) in [5.74, 6) is 1.15. The van der Waals surface area contributed by atoms with Gasteiger partial charge < -0.3 is 15.5 Å². The lowest BCUT2D eigenvalue weighted by atomic mass is 9.95. The second kappa shape index (κ2) is 8.59. The minimum absolute atomic E-state index is 0.0816. The van der Waals surface area contributed by atoms with Crippen LogP contribution in [0, 0.1) is 12.8 Å². The normalized spacial score (nSPS) is 16.1. The first-order valence-electron chi connectivity index (χ1n) is 10.1. The van der Waals surface area contributed by atoms with Gasteiger partial charge in [-0.1, -0.05) is 6.92 Å². The summed E-state index contributed by atoms with van der Waals surface area (Å²) in [4.78, 5) is 30.7. The van der Waals surface area contributed by atoms with Crippen molar-refractivity contribution in [2.45, 2.75) is 53.0 Å². The van der Waals surface area contributed by atoms with E-state index in [1.807, 2.05) is 25.1 Å². The molecule has 1 aromatic carbocycles. The molecule has 1 saturated heterocycles. The van der Waals surface area contributed by atoms with Gasteiger partial charge in [0.2, 0.25) is 11.8 Å². The number of aryl methyl sites for hydroxylation is 1. The Morgan fingerprint density at radius 3 is 2.61 bits per heavy atom. The summed E-state index contributed by atoms with van der Waals surface area (Å²) in [5.41, 5.74) is 2.83. The Labute approximate surface area is 166 Å². The zero-order valence-electron chi connectivity index (χ0n) is 17.2. The highest BCUT2D eigenvalue weighted by atomic mass is 16.2. The van der Waals surface area contributed by atoms with Gasteiger partial charge in [-0.15, -0.1) is 0 Å². The summed E-state index contributed by atoms with van der Waals surface area (Å²) in [6, 6.07) is 8.13. The highest BCUT2D eigenvalue weighted by molar-refractivity contribution is 5.93. The average molecular weight is 383 g/mol. The van der Waals surface area contributed by atoms with Crippen molar-refractivity contribution in [2.24, 2.45) is 5.92 Å². The lowest BCUT2D eigenvalue weighted by Gasteiger charge is -2.33. The molecule has 2 amide bonds. The van der Waals surface area contributed by atoms with E-state index in [1.54, 1.807) is 0 Å². The maximum atomic E-state index is 12.4. The lowest BCUT2D eigenvalue weighted by Crippen LogP contribution is -2.43. The molecule has 6 heteroatoms. The molecule has 0 radical (unpaired) electrons. The van der Waals surface area contributed by atoms with Crippen LogP contribution in [0.5, 0.6) is 0 Å². The lowest BCUT2D eigenvalue weighted by molar-refractivity contribution is -0.126. The monoisotopic (exact) mass is 382 g/mol. The Morgan fingerprint density at radius 1 is 1.25 bits per heavy atom. The first-order valence-corrected chi connectivity index (χ1v) is 10.1. The van der Waals surface area contributed by atoms with Gasteiger partial charge in [-0.25, -0.2) is 4.98 Å². The number of hydrogen-bond donors (Lipinski definition) is 2. The fourth-order valence-corrected chi connectivity index (χ4v) is 3.65. The summed E-state index contributed by atoms with van der Waals surface area (Å²) in [5, 5.41) is 6.96. The fraction of sp³-hybridized carbons (Fsp3) is 0.500. The van der Waals surface area contributed by atoms with Gasteiger partial charge in [0, 0.05) is 43.0 Å². The van der Waals surface area contributed by atoms with Crippen molar-refractivity contribution >= 4 is 34.2 Å². The van der Waals surface area contributed by atoms with Crippen LogP contribution in [0.2, 0.25) is 0 Å². The van der Waals surface area contributed by atoms with E-state index in [-0.39, 0.29) is 23.8 Å². The number of anilines is 2. The number of fused-ring (bicyclic) bond motifs is 1. The molecule has 1 atom stereocenters. The number of carbonyl (C=O) groups excluding carboxylic acids is 2. The van der Waals surface area contributed by atoms with Gasteiger partial charge in [-0.2, -0.15) is 0 Å². The smallest absolute Gasteiger partial charge is 0.223 e. The number of rotatable bonds is 5. The van der Waals surface area contributed by atoms with E-state index in [9.17, 15) is 9.59 Å². The van der Waals surface area contributed by atoms with Crippen molar-refractivity contribution in [3.63, 3.8) is 0 Å². The van der Waals surface area contributed by atoms with E-state index in [2.05, 4.69) is 35.4 Å². The van der Waals surface area contributed by atoms with Gasteiger partial charge in [0.15, 0.2) is 0 Å². The molecular formula is C22H30N4O2. The van der Waals surface area contributed by atoms with E-state index in [4.69, 9.17) is 4.98 Å². The highest BCUT2D eigenvalue weighted by Crippen LogP contribution is 2.28. The second-order valence-electron chi connectivity index (χ2n) is 7.79. The van der Waals surface area contributed by atoms with Crippen LogP contribution in [0.25, 0.3) is 10.9 Å². The predicted molar refractivity (Wildman–Crippen MR) is 114 cm³/mol. The van der Waals surface area contributed by atoms with Gasteiger partial charge in [0.1, 0.15) is 5.82 Å². The van der Waals surface area contributed by atoms with Crippen molar-refractivity contribution in [2.75, 3.05) is 23.3 Å². The molecule has 2 aromatic rings. The number of hydrogen-bond acceptors (Lipinski definition) is 4. The SMILES string of the molecule is CCC(C)NC(=O)C1CCN(c2cc(C)c3cc(NC(C)=O)ccc3n2)CC1. The number of nitrogens with one attached hydrogen (secondary N) is 2. The molecule has 1 unspecified atom stereocenters. The predicted octanol–water partition coefficient (Wildman–Crippen LogP) is 3.63. The second-order valence-corrected chi connectivity index (χ2v) is 7.79. The van der Waals surface area contributed by atoms with Gasteiger partial charge >= 0.3 is 0 Å². The van der Waals surface area contributed by atoms with Crippen LogP contribution in [-0.2, 0) is 9.59 Å². The Morgan fingerprint density at radius 2 is 1.96 bits per heavy atom. The van der Waals surface area contributed by atoms with Crippen molar-refractivity contribution < 1.29 is 9.59 Å². The topological polar surface area (TPSA) is 74.3 Å². The minimum atomic E-state index is -0.0816. The number of amides is 2. The van der Waals surface area contributed by atoms with E-state index in [1.165, 1.54) is 6.92 Å². The highest BCUT2D eigenvalue weighted by Gasteiger charge is 2.26. The van der Waals surface area contributed by atoms with Crippen LogP contribution in [0.4, 0.5) is 11.5 Å². The average Bonchev–Trinajstić information content (AvgIpc) is 2.67. The summed E-state index contributed by atoms with van der Waals surface area (Å²) < 4.78 is 0. The van der Waals surface area contributed by atoms with Gasteiger partial charge in [-0.3, -0.25) is 9.59 Å². The van der Waals surface area contributed by atoms with Crippen LogP contribution in [0.15, 0.2) is 24.3 Å². The summed E-state index contributed by atoms with van der Waals surface area (Å²) in [6.45, 7) is 9.37. The first-order chi connectivity index (χ1) is 13.4. The van der Waals surface area contributed by atoms with E-state index < -0.39 is 0 Å². The maximum Gasteiger partial charge on any atom is 0.223 e. The van der Waals surface area contributed by atoms with Crippen molar-refractivity contribution in [3.05, 3.63) is 29.8 Å². The molecule has 0 saturated carbocycles. The summed E-state index contributed by atoms with van der Waals surface area (Å²) in [6.07, 6.45) is 2.65. The molecule has 1 aliphatic heterocycles. The quantitative estimate of drug-likeness (QED) is 0.828. The van der Waals surface area contributed by atoms with Gasteiger partial charge in [0.25, 0.3) is 0 Å². The Kier molecular flexibility index (Phi) is 6.17. The molecule has 1 aliphatic rings. The standard InChI is InChI=1S/C22H30N4O2/c1-5-15(3)23-22(28)17-8-10-26(11-9-17)21-12-14(2)19-13-18(24-16(4)27)6-7-20(19)25-21/h6-7,12-13,15,17H,5,8-11H2,1-4H3,(H,23,28)(H,24,27). The minimum Gasteiger partial charge on any atom is -0.357 e. The van der Waals surface area contributed by atoms with Gasteiger partial charge in [0.05, 0.1) is 5.52 Å². The molecule has 2 N–H and O–H groups in total. The van der Waals surface area contributed by atoms with Crippen LogP contribution in [0.1, 0.15) is 45.6 Å². The number of carbonyl (C=O) groups is 2. The molecular weight excluding hydrogens is 352 g/mol.